The van der Waals surface area contributed by atoms with Gasteiger partial charge in [0.05, 0.1) is 25.7 Å². The molecule has 0 saturated carbocycles. The van der Waals surface area contributed by atoms with Crippen molar-refractivity contribution in [2.75, 3.05) is 13.7 Å². The van der Waals surface area contributed by atoms with Gasteiger partial charge in [0.2, 0.25) is 0 Å². The van der Waals surface area contributed by atoms with Gasteiger partial charge >= 0.3 is 12.1 Å². The molecule has 110 valence electrons. The Bertz CT molecular complexity index is 336. The van der Waals surface area contributed by atoms with E-state index in [-0.39, 0.29) is 12.5 Å². The van der Waals surface area contributed by atoms with Gasteiger partial charge in [-0.05, 0) is 33.6 Å². The molecule has 0 aromatic rings. The van der Waals surface area contributed by atoms with Gasteiger partial charge in [0.25, 0.3) is 0 Å². The van der Waals surface area contributed by atoms with Gasteiger partial charge in [-0.15, -0.1) is 0 Å². The Hall–Kier alpha value is -1.30. The van der Waals surface area contributed by atoms with Gasteiger partial charge < -0.3 is 19.5 Å². The highest BCUT2D eigenvalue weighted by Crippen LogP contribution is 2.24. The van der Waals surface area contributed by atoms with Crippen molar-refractivity contribution in [3.63, 3.8) is 0 Å². The van der Waals surface area contributed by atoms with E-state index in [1.54, 1.807) is 20.8 Å². The molecular formula is C13H23NO5. The van der Waals surface area contributed by atoms with Crippen LogP contribution >= 0.6 is 0 Å². The van der Waals surface area contributed by atoms with Crippen LogP contribution in [0.3, 0.4) is 0 Å². The number of amides is 1. The van der Waals surface area contributed by atoms with Crippen LogP contribution < -0.4 is 0 Å². The lowest BCUT2D eigenvalue weighted by Crippen LogP contribution is -2.45. The molecule has 0 spiro atoms. The minimum Gasteiger partial charge on any atom is -0.469 e. The summed E-state index contributed by atoms with van der Waals surface area (Å²) in [4.78, 5) is 24.7. The summed E-state index contributed by atoms with van der Waals surface area (Å²) in [7, 11) is 1.27. The fourth-order valence-electron chi connectivity index (χ4n) is 2.13. The van der Waals surface area contributed by atoms with Crippen molar-refractivity contribution in [3.05, 3.63) is 0 Å². The molecule has 0 radical (unpaired) electrons. The highest BCUT2D eigenvalue weighted by atomic mass is 16.6. The number of carbonyl (C=O) groups excluding carboxylic acids is 2. The van der Waals surface area contributed by atoms with Crippen LogP contribution in [-0.4, -0.2) is 53.5 Å². The van der Waals surface area contributed by atoms with Crippen molar-refractivity contribution in [1.29, 1.82) is 0 Å². The third-order valence-corrected chi connectivity index (χ3v) is 2.97. The number of esters is 1. The van der Waals surface area contributed by atoms with Crippen LogP contribution in [0.15, 0.2) is 0 Å². The maximum Gasteiger partial charge on any atom is 0.410 e. The normalized spacial score (nSPS) is 21.1. The first kappa shape index (κ1) is 15.8. The van der Waals surface area contributed by atoms with Gasteiger partial charge in [-0.1, -0.05) is 0 Å². The lowest BCUT2D eigenvalue weighted by Gasteiger charge is -2.30. The van der Waals surface area contributed by atoms with E-state index in [9.17, 15) is 14.7 Å². The fourth-order valence-corrected chi connectivity index (χ4v) is 2.13. The standard InChI is InChI=1S/C13H23NO5/c1-13(2,3)19-12(17)14-7-5-6-9(14)10(15)8-11(16)18-4/h9-10,15H,5-8H2,1-4H3/t9-,10+/m1/s1. The number of aliphatic hydroxyl groups is 1. The summed E-state index contributed by atoms with van der Waals surface area (Å²) in [5.41, 5.74) is -0.572. The third-order valence-electron chi connectivity index (χ3n) is 2.97. The number of methoxy groups -OCH3 is 1. The van der Waals surface area contributed by atoms with Crippen molar-refractivity contribution in [2.45, 2.75) is 57.8 Å². The number of rotatable bonds is 3. The van der Waals surface area contributed by atoms with Crippen LogP contribution in [0.1, 0.15) is 40.0 Å². The molecule has 2 atom stereocenters. The van der Waals surface area contributed by atoms with E-state index >= 15 is 0 Å². The summed E-state index contributed by atoms with van der Waals surface area (Å²) in [5.74, 6) is -0.483. The Kier molecular flexibility index (Phi) is 5.17. The molecule has 1 amide bonds. The van der Waals surface area contributed by atoms with E-state index in [0.29, 0.717) is 13.0 Å². The predicted octanol–water partition coefficient (Wildman–Crippen LogP) is 1.31. The molecule has 6 nitrogen and oxygen atoms in total. The van der Waals surface area contributed by atoms with Crippen LogP contribution in [0.25, 0.3) is 0 Å². The van der Waals surface area contributed by atoms with Gasteiger partial charge in [-0.2, -0.15) is 0 Å². The Labute approximate surface area is 113 Å². The van der Waals surface area contributed by atoms with Crippen molar-refractivity contribution in [3.8, 4) is 0 Å². The van der Waals surface area contributed by atoms with Gasteiger partial charge in [0.15, 0.2) is 0 Å². The third kappa shape index (κ3) is 4.70. The minimum atomic E-state index is -0.914. The first-order valence-electron chi connectivity index (χ1n) is 6.49. The second kappa shape index (κ2) is 6.23. The SMILES string of the molecule is COC(=O)C[C@H](O)[C@H]1CCCN1C(=O)OC(C)(C)C. The van der Waals surface area contributed by atoms with Crippen molar-refractivity contribution < 1.29 is 24.2 Å². The first-order valence-corrected chi connectivity index (χ1v) is 6.49. The molecule has 1 N–H and O–H groups in total. The smallest absolute Gasteiger partial charge is 0.410 e. The largest absolute Gasteiger partial charge is 0.469 e. The average molecular weight is 273 g/mol. The quantitative estimate of drug-likeness (QED) is 0.785. The van der Waals surface area contributed by atoms with Gasteiger partial charge in [0, 0.05) is 6.54 Å². The van der Waals surface area contributed by atoms with Crippen molar-refractivity contribution in [1.82, 2.24) is 4.90 Å². The van der Waals surface area contributed by atoms with Crippen molar-refractivity contribution in [2.24, 2.45) is 0 Å². The average Bonchev–Trinajstić information content (AvgIpc) is 2.75. The zero-order valence-corrected chi connectivity index (χ0v) is 12.0. The maximum absolute atomic E-state index is 12.0. The summed E-state index contributed by atoms with van der Waals surface area (Å²) in [5, 5.41) is 10.0. The summed E-state index contributed by atoms with van der Waals surface area (Å²) in [6.07, 6.45) is -0.0126. The summed E-state index contributed by atoms with van der Waals surface area (Å²) in [6.45, 7) is 5.92. The first-order chi connectivity index (χ1) is 8.74. The van der Waals surface area contributed by atoms with Gasteiger partial charge in [-0.25, -0.2) is 4.79 Å². The van der Waals surface area contributed by atoms with E-state index in [1.807, 2.05) is 0 Å². The summed E-state index contributed by atoms with van der Waals surface area (Å²) < 4.78 is 9.82. The zero-order valence-electron chi connectivity index (χ0n) is 12.0. The summed E-state index contributed by atoms with van der Waals surface area (Å²) >= 11 is 0. The van der Waals surface area contributed by atoms with Crippen LogP contribution in [0.2, 0.25) is 0 Å². The zero-order chi connectivity index (χ0) is 14.6. The maximum atomic E-state index is 12.0. The minimum absolute atomic E-state index is 0.111. The topological polar surface area (TPSA) is 76.1 Å². The number of likely N-dealkylation sites (tertiary alicyclic amines) is 1. The lowest BCUT2D eigenvalue weighted by atomic mass is 10.1. The van der Waals surface area contributed by atoms with E-state index in [4.69, 9.17) is 4.74 Å². The van der Waals surface area contributed by atoms with Crippen LogP contribution in [0.5, 0.6) is 0 Å². The molecule has 0 aliphatic carbocycles. The van der Waals surface area contributed by atoms with Crippen LogP contribution in [0, 0.1) is 0 Å². The molecule has 1 heterocycles. The lowest BCUT2D eigenvalue weighted by molar-refractivity contribution is -0.143. The molecule has 1 rings (SSSR count). The Balaban J connectivity index is 2.63. The highest BCUT2D eigenvalue weighted by Gasteiger charge is 2.37. The van der Waals surface area contributed by atoms with E-state index in [0.717, 1.165) is 6.42 Å². The molecule has 0 aromatic carbocycles. The molecule has 0 unspecified atom stereocenters. The van der Waals surface area contributed by atoms with Crippen LogP contribution in [-0.2, 0) is 14.3 Å². The number of hydrogen-bond acceptors (Lipinski definition) is 5. The number of nitrogens with zero attached hydrogens (tertiary/aromatic N) is 1. The predicted molar refractivity (Wildman–Crippen MR) is 68.6 cm³/mol. The summed E-state index contributed by atoms with van der Waals surface area (Å²) in [6, 6.07) is -0.381. The Morgan fingerprint density at radius 2 is 2.05 bits per heavy atom. The molecule has 19 heavy (non-hydrogen) atoms. The molecule has 1 aliphatic heterocycles. The highest BCUT2D eigenvalue weighted by molar-refractivity contribution is 5.71. The van der Waals surface area contributed by atoms with E-state index < -0.39 is 23.8 Å². The molecule has 6 heteroatoms. The molecule has 1 saturated heterocycles. The second-order valence-corrected chi connectivity index (χ2v) is 5.73. The number of ether oxygens (including phenoxy) is 2. The molecule has 0 aromatic heterocycles. The Morgan fingerprint density at radius 3 is 2.58 bits per heavy atom. The fraction of sp³-hybridized carbons (Fsp3) is 0.846. The van der Waals surface area contributed by atoms with Crippen molar-refractivity contribution >= 4 is 12.1 Å². The number of hydrogen-bond donors (Lipinski definition) is 1. The van der Waals surface area contributed by atoms with E-state index in [1.165, 1.54) is 12.0 Å². The van der Waals surface area contributed by atoms with Crippen LogP contribution in [0.4, 0.5) is 4.79 Å². The van der Waals surface area contributed by atoms with Gasteiger partial charge in [0.1, 0.15) is 5.60 Å². The van der Waals surface area contributed by atoms with E-state index in [2.05, 4.69) is 4.74 Å². The number of aliphatic hydroxyl groups excluding tert-OH is 1. The molecule has 1 fully saturated rings. The molecule has 1 aliphatic rings. The molecule has 0 bridgehead atoms. The molecular weight excluding hydrogens is 250 g/mol. The number of carbonyl (C=O) groups is 2. The second-order valence-electron chi connectivity index (χ2n) is 5.73. The monoisotopic (exact) mass is 273 g/mol. The Morgan fingerprint density at radius 1 is 1.42 bits per heavy atom. The van der Waals surface area contributed by atoms with Gasteiger partial charge in [-0.3, -0.25) is 4.79 Å².